The van der Waals surface area contributed by atoms with E-state index in [4.69, 9.17) is 17.4 Å². The van der Waals surface area contributed by atoms with E-state index in [-0.39, 0.29) is 0 Å². The average Bonchev–Trinajstić information content (AvgIpc) is 2.31. The van der Waals surface area contributed by atoms with Gasteiger partial charge < -0.3 is 5.11 Å². The van der Waals surface area contributed by atoms with Gasteiger partial charge >= 0.3 is 0 Å². The van der Waals surface area contributed by atoms with Crippen molar-refractivity contribution in [2.24, 2.45) is 0 Å². The molecule has 0 amide bonds. The van der Waals surface area contributed by atoms with Gasteiger partial charge in [0.15, 0.2) is 0 Å². The zero-order valence-electron chi connectivity index (χ0n) is 13.9. The van der Waals surface area contributed by atoms with Crippen molar-refractivity contribution in [1.82, 2.24) is 0 Å². The van der Waals surface area contributed by atoms with E-state index >= 15 is 0 Å². The summed E-state index contributed by atoms with van der Waals surface area (Å²) >= 11 is 0. The Balaban J connectivity index is 3.71. The van der Waals surface area contributed by atoms with Gasteiger partial charge in [-0.3, -0.25) is 0 Å². The summed E-state index contributed by atoms with van der Waals surface area (Å²) in [6, 6.07) is -5.59. The predicted octanol–water partition coefficient (Wildman–Crippen LogP) is 1.69. The van der Waals surface area contributed by atoms with Crippen LogP contribution in [-0.4, -0.2) is 11.7 Å². The maximum atomic E-state index is 9.01. The number of hydrogen-bond donors (Lipinski definition) is 1. The largest absolute Gasteiger partial charge is 0.392 e. The molecule has 0 saturated heterocycles. The third-order valence-corrected chi connectivity index (χ3v) is 0.743. The molecule has 0 aliphatic heterocycles. The van der Waals surface area contributed by atoms with Crippen LogP contribution in [0.1, 0.15) is 17.9 Å². The molecule has 1 heteroatoms. The summed E-state index contributed by atoms with van der Waals surface area (Å²) < 4.78 is 65.9. The highest BCUT2D eigenvalue weighted by Gasteiger charge is 1.79. The van der Waals surface area contributed by atoms with E-state index in [1.165, 1.54) is 0 Å². The monoisotopic (exact) mass is 143 g/mol. The van der Waals surface area contributed by atoms with Crippen LogP contribution < -0.4 is 0 Å². The summed E-state index contributed by atoms with van der Waals surface area (Å²) in [6.45, 7) is -3.13. The second-order valence-corrected chi connectivity index (χ2v) is 1.36. The lowest BCUT2D eigenvalue weighted by atomic mass is 10.2. The first-order chi connectivity index (χ1) is 8.50. The molecule has 1 nitrogen and oxygen atoms in total. The molecule has 1 rings (SSSR count). The van der Waals surface area contributed by atoms with Crippen LogP contribution >= 0.6 is 0 Å². The SMILES string of the molecule is [2H]/C(=C(/[2H])C([2H])([2H])O)c1c([2H])c([2H])c([2H])c([2H])c1[2H]. The molecule has 1 aromatic rings. The Kier molecular flexibility index (Phi) is 0.672. The molecule has 0 bridgehead atoms. The van der Waals surface area contributed by atoms with Crippen molar-refractivity contribution in [3.8, 4) is 0 Å². The highest BCUT2D eigenvalue weighted by molar-refractivity contribution is 5.48. The van der Waals surface area contributed by atoms with Crippen LogP contribution in [0.5, 0.6) is 0 Å². The molecule has 0 saturated carbocycles. The Morgan fingerprint density at radius 1 is 1.60 bits per heavy atom. The Labute approximate surface area is 73.3 Å². The lowest BCUT2D eigenvalue weighted by Crippen LogP contribution is -1.72. The second kappa shape index (κ2) is 3.85. The van der Waals surface area contributed by atoms with Gasteiger partial charge in [-0.25, -0.2) is 0 Å². The summed E-state index contributed by atoms with van der Waals surface area (Å²) in [5.41, 5.74) is -0.617. The Morgan fingerprint density at radius 3 is 2.90 bits per heavy atom. The molecular formula is C9H10O. The quantitative estimate of drug-likeness (QED) is 0.668. The zero-order valence-corrected chi connectivity index (χ0v) is 4.95. The summed E-state index contributed by atoms with van der Waals surface area (Å²) in [4.78, 5) is 0. The van der Waals surface area contributed by atoms with Crippen molar-refractivity contribution < 1.29 is 17.4 Å². The fourth-order valence-electron chi connectivity index (χ4n) is 0.403. The van der Waals surface area contributed by atoms with E-state index < -0.39 is 54.4 Å². The molecule has 52 valence electrons. The molecule has 1 N–H and O–H groups in total. The van der Waals surface area contributed by atoms with Crippen LogP contribution in [0.3, 0.4) is 0 Å². The molecule has 0 aromatic heterocycles. The summed E-state index contributed by atoms with van der Waals surface area (Å²) in [5.74, 6) is 0. The van der Waals surface area contributed by atoms with Gasteiger partial charge in [-0.15, -0.1) is 0 Å². The molecule has 0 atom stereocenters. The third-order valence-electron chi connectivity index (χ3n) is 0.743. The number of hydrogen-bond acceptors (Lipinski definition) is 1. The van der Waals surface area contributed by atoms with E-state index in [1.54, 1.807) is 0 Å². The van der Waals surface area contributed by atoms with Gasteiger partial charge in [-0.05, 0) is 5.56 Å². The van der Waals surface area contributed by atoms with Gasteiger partial charge in [0.2, 0.25) is 0 Å². The van der Waals surface area contributed by atoms with Crippen LogP contribution in [0.15, 0.2) is 36.3 Å². The molecule has 1 aromatic carbocycles. The van der Waals surface area contributed by atoms with Crippen molar-refractivity contribution in [2.45, 2.75) is 0 Å². The summed E-state index contributed by atoms with van der Waals surface area (Å²) in [6.07, 6.45) is 0. The first-order valence-corrected chi connectivity index (χ1v) is 2.47. The maximum Gasteiger partial charge on any atom is 0.0629 e. The van der Waals surface area contributed by atoms with Crippen LogP contribution in [-0.2, 0) is 0 Å². The van der Waals surface area contributed by atoms with E-state index in [1.807, 2.05) is 0 Å². The second-order valence-electron chi connectivity index (χ2n) is 1.36. The highest BCUT2D eigenvalue weighted by atomic mass is 16.2. The number of aliphatic hydroxyl groups is 1. The molecule has 0 radical (unpaired) electrons. The molecule has 0 fully saturated rings. The van der Waals surface area contributed by atoms with Crippen LogP contribution in [0, 0.1) is 0 Å². The number of benzene rings is 1. The molecule has 0 aliphatic carbocycles. The van der Waals surface area contributed by atoms with Gasteiger partial charge in [-0.1, -0.05) is 42.3 Å². The summed E-state index contributed by atoms with van der Waals surface area (Å²) in [5, 5.41) is 9.01. The number of rotatable bonds is 2. The minimum absolute atomic E-state index is 0.617. The van der Waals surface area contributed by atoms with Gasteiger partial charge in [0.25, 0.3) is 0 Å². The molecule has 10 heavy (non-hydrogen) atoms. The molecule has 0 spiro atoms. The van der Waals surface area contributed by atoms with Gasteiger partial charge in [0, 0.05) is 0 Å². The van der Waals surface area contributed by atoms with Crippen molar-refractivity contribution in [1.29, 1.82) is 0 Å². The Hall–Kier alpha value is -1.08. The van der Waals surface area contributed by atoms with Crippen LogP contribution in [0.4, 0.5) is 0 Å². The van der Waals surface area contributed by atoms with E-state index in [9.17, 15) is 0 Å². The molecule has 0 unspecified atom stereocenters. The maximum absolute atomic E-state index is 9.01. The van der Waals surface area contributed by atoms with Gasteiger partial charge in [-0.2, -0.15) is 0 Å². The molecule has 0 heterocycles. The lowest BCUT2D eigenvalue weighted by molar-refractivity contribution is 0.343. The van der Waals surface area contributed by atoms with Crippen LogP contribution in [0.2, 0.25) is 0 Å². The lowest BCUT2D eigenvalue weighted by Gasteiger charge is -1.88. The van der Waals surface area contributed by atoms with E-state index in [2.05, 4.69) is 0 Å². The minimum Gasteiger partial charge on any atom is -0.392 e. The zero-order chi connectivity index (χ0) is 15.1. The van der Waals surface area contributed by atoms with E-state index in [0.717, 1.165) is 0 Å². The van der Waals surface area contributed by atoms with Crippen LogP contribution in [0.25, 0.3) is 6.05 Å². The smallest absolute Gasteiger partial charge is 0.0629 e. The fourth-order valence-corrected chi connectivity index (χ4v) is 0.403. The first kappa shape index (κ1) is 1.74. The highest BCUT2D eigenvalue weighted by Crippen LogP contribution is 1.99. The van der Waals surface area contributed by atoms with Crippen molar-refractivity contribution in [3.05, 3.63) is 41.8 Å². The van der Waals surface area contributed by atoms with Crippen molar-refractivity contribution >= 4 is 6.05 Å². The van der Waals surface area contributed by atoms with Crippen molar-refractivity contribution in [2.75, 3.05) is 6.56 Å². The Morgan fingerprint density at radius 2 is 2.30 bits per heavy atom. The summed E-state index contributed by atoms with van der Waals surface area (Å²) in [7, 11) is 0. The van der Waals surface area contributed by atoms with Crippen molar-refractivity contribution in [3.63, 3.8) is 0 Å². The Bertz CT molecular complexity index is 529. The standard InChI is InChI=1S/C9H10O/c10-8-4-7-9-5-2-1-3-6-9/h1-7,10H,8H2/b7-4+/i1D,2D,3D,4D,5D,6D,7D,8D2. The minimum atomic E-state index is -3.13. The molecule has 0 aliphatic rings. The fraction of sp³-hybridized carbons (Fsp3) is 0.111. The predicted molar refractivity (Wildman–Crippen MR) is 42.6 cm³/mol. The van der Waals surface area contributed by atoms with E-state index in [0.29, 0.717) is 0 Å². The average molecular weight is 143 g/mol. The van der Waals surface area contributed by atoms with Gasteiger partial charge in [0.05, 0.1) is 18.9 Å². The normalized spacial score (nSPS) is 26.7. The molecular weight excluding hydrogens is 124 g/mol. The third kappa shape index (κ3) is 2.03. The van der Waals surface area contributed by atoms with Gasteiger partial charge in [0.1, 0.15) is 0 Å². The topological polar surface area (TPSA) is 20.2 Å². The first-order valence-electron chi connectivity index (χ1n) is 6.97.